The summed E-state index contributed by atoms with van der Waals surface area (Å²) in [5.41, 5.74) is 14.5. The minimum absolute atomic E-state index is 0.171. The maximum atomic E-state index is 10.6. The molecule has 0 aliphatic heterocycles. The first-order valence-corrected chi connectivity index (χ1v) is 8.66. The molecule has 0 unspecified atom stereocenters. The summed E-state index contributed by atoms with van der Waals surface area (Å²) in [6, 6.07) is 7.79. The van der Waals surface area contributed by atoms with Crippen LogP contribution in [0.4, 0.5) is 24.9 Å². The molecular formula is C16H11ClF3N5O2S. The van der Waals surface area contributed by atoms with E-state index in [4.69, 9.17) is 33.0 Å². The number of aliphatic carboxylic acids is 1. The topological polar surface area (TPSA) is 131 Å². The van der Waals surface area contributed by atoms with Crippen molar-refractivity contribution in [2.75, 3.05) is 11.5 Å². The zero-order valence-corrected chi connectivity index (χ0v) is 15.3. The van der Waals surface area contributed by atoms with Crippen molar-refractivity contribution in [1.82, 2.24) is 15.0 Å². The third-order valence-electron chi connectivity index (χ3n) is 3.63. The first kappa shape index (κ1) is 19.7. The number of hydrogen-bond donors (Lipinski definition) is 4. The Labute approximate surface area is 163 Å². The van der Waals surface area contributed by atoms with Crippen LogP contribution in [-0.2, 0) is 4.79 Å². The number of aromatic amines is 1. The van der Waals surface area contributed by atoms with E-state index >= 15 is 0 Å². The summed E-state index contributed by atoms with van der Waals surface area (Å²) in [5, 5.41) is 8.91. The Morgan fingerprint density at radius 2 is 1.89 bits per heavy atom. The lowest BCUT2D eigenvalue weighted by atomic mass is 10.1. The average Bonchev–Trinajstić information content (AvgIpc) is 3.22. The molecule has 0 atom stereocenters. The summed E-state index contributed by atoms with van der Waals surface area (Å²) in [5.74, 6) is -2.20. The van der Waals surface area contributed by atoms with E-state index in [1.54, 1.807) is 0 Å². The van der Waals surface area contributed by atoms with Gasteiger partial charge in [0.1, 0.15) is 5.82 Å². The lowest BCUT2D eigenvalue weighted by molar-refractivity contribution is -0.192. The highest BCUT2D eigenvalue weighted by molar-refractivity contribution is 7.19. The number of nitrogen functional groups attached to an aromatic ring is 2. The number of halogens is 4. The fourth-order valence-corrected chi connectivity index (χ4v) is 3.62. The van der Waals surface area contributed by atoms with Crippen LogP contribution in [0.1, 0.15) is 0 Å². The van der Waals surface area contributed by atoms with Gasteiger partial charge in [0.15, 0.2) is 0 Å². The van der Waals surface area contributed by atoms with E-state index in [9.17, 15) is 13.2 Å². The van der Waals surface area contributed by atoms with Gasteiger partial charge in [0.2, 0.25) is 5.95 Å². The second-order valence-electron chi connectivity index (χ2n) is 5.46. The van der Waals surface area contributed by atoms with E-state index in [1.807, 2.05) is 30.5 Å². The van der Waals surface area contributed by atoms with E-state index in [2.05, 4.69) is 15.0 Å². The SMILES string of the molecule is Nc1nc(N)c2c(cc(-c3ccc(Cl)s3)c3[nH]ccc32)n1.O=C(O)C(F)(F)F. The number of carboxylic acid groups (broad SMARTS) is 1. The molecule has 28 heavy (non-hydrogen) atoms. The molecule has 0 amide bonds. The number of anilines is 2. The zero-order chi connectivity index (χ0) is 20.6. The van der Waals surface area contributed by atoms with Gasteiger partial charge >= 0.3 is 12.1 Å². The van der Waals surface area contributed by atoms with Crippen LogP contribution in [0.15, 0.2) is 30.5 Å². The van der Waals surface area contributed by atoms with Crippen LogP contribution < -0.4 is 11.5 Å². The minimum Gasteiger partial charge on any atom is -0.475 e. The molecule has 7 nitrogen and oxygen atoms in total. The van der Waals surface area contributed by atoms with Crippen molar-refractivity contribution >= 4 is 62.5 Å². The molecule has 4 aromatic rings. The Morgan fingerprint density at radius 3 is 2.46 bits per heavy atom. The fraction of sp³-hybridized carbons (Fsp3) is 0.0625. The van der Waals surface area contributed by atoms with Crippen LogP contribution in [0, 0.1) is 0 Å². The summed E-state index contributed by atoms with van der Waals surface area (Å²) in [7, 11) is 0. The van der Waals surface area contributed by atoms with E-state index in [0.717, 1.165) is 36.6 Å². The van der Waals surface area contributed by atoms with Crippen LogP contribution in [0.25, 0.3) is 32.2 Å². The molecule has 0 saturated carbocycles. The Morgan fingerprint density at radius 1 is 1.21 bits per heavy atom. The highest BCUT2D eigenvalue weighted by atomic mass is 35.5. The number of fused-ring (bicyclic) bond motifs is 3. The number of nitrogens with one attached hydrogen (secondary N) is 1. The summed E-state index contributed by atoms with van der Waals surface area (Å²) in [6.45, 7) is 0. The van der Waals surface area contributed by atoms with E-state index in [-0.39, 0.29) is 5.95 Å². The molecule has 4 rings (SSSR count). The number of hydrogen-bond acceptors (Lipinski definition) is 6. The molecule has 1 aromatic carbocycles. The molecule has 0 aliphatic carbocycles. The molecule has 0 spiro atoms. The Balaban J connectivity index is 0.000000279. The van der Waals surface area contributed by atoms with Crippen LogP contribution >= 0.6 is 22.9 Å². The third-order valence-corrected chi connectivity index (χ3v) is 4.89. The first-order valence-electron chi connectivity index (χ1n) is 7.46. The van der Waals surface area contributed by atoms with Crippen molar-refractivity contribution in [2.45, 2.75) is 6.18 Å². The molecule has 0 radical (unpaired) electrons. The maximum Gasteiger partial charge on any atom is 0.490 e. The van der Waals surface area contributed by atoms with Crippen molar-refractivity contribution in [2.24, 2.45) is 0 Å². The van der Waals surface area contributed by atoms with E-state index in [1.165, 1.54) is 11.3 Å². The highest BCUT2D eigenvalue weighted by Crippen LogP contribution is 2.39. The van der Waals surface area contributed by atoms with Gasteiger partial charge < -0.3 is 21.6 Å². The number of alkyl halides is 3. The van der Waals surface area contributed by atoms with Crippen molar-refractivity contribution in [3.63, 3.8) is 0 Å². The van der Waals surface area contributed by atoms with E-state index < -0.39 is 12.1 Å². The molecule has 0 aliphatic rings. The molecule has 3 heterocycles. The number of aromatic nitrogens is 3. The van der Waals surface area contributed by atoms with Gasteiger partial charge in [-0.15, -0.1) is 11.3 Å². The molecule has 12 heteroatoms. The Kier molecular flexibility index (Phi) is 5.04. The largest absolute Gasteiger partial charge is 0.490 e. The number of carboxylic acids is 1. The standard InChI is InChI=1S/C14H10ClN5S.C2HF3O2/c15-10-2-1-9(21-10)7-5-8-11(6-3-4-18-12(6)7)13(16)20-14(17)19-8;3-2(4,5)1(6)7/h1-5,18H,(H4,16,17,19,20);(H,6,7). The quantitative estimate of drug-likeness (QED) is 0.357. The van der Waals surface area contributed by atoms with Gasteiger partial charge in [-0.25, -0.2) is 9.78 Å². The molecule has 0 fully saturated rings. The van der Waals surface area contributed by atoms with Gasteiger partial charge in [0.25, 0.3) is 0 Å². The Bertz CT molecular complexity index is 1190. The van der Waals surface area contributed by atoms with Gasteiger partial charge in [-0.3, -0.25) is 0 Å². The molecule has 6 N–H and O–H groups in total. The summed E-state index contributed by atoms with van der Waals surface area (Å²) >= 11 is 7.56. The fourth-order valence-electron chi connectivity index (χ4n) is 2.56. The maximum absolute atomic E-state index is 10.6. The second-order valence-corrected chi connectivity index (χ2v) is 7.17. The van der Waals surface area contributed by atoms with Crippen molar-refractivity contribution in [3.05, 3.63) is 34.8 Å². The minimum atomic E-state index is -5.08. The molecular weight excluding hydrogens is 419 g/mol. The van der Waals surface area contributed by atoms with Gasteiger partial charge in [0, 0.05) is 22.0 Å². The summed E-state index contributed by atoms with van der Waals surface area (Å²) in [6.07, 6.45) is -3.21. The monoisotopic (exact) mass is 429 g/mol. The number of benzene rings is 1. The number of nitrogens with zero attached hydrogens (tertiary/aromatic N) is 2. The summed E-state index contributed by atoms with van der Waals surface area (Å²) < 4.78 is 32.5. The summed E-state index contributed by atoms with van der Waals surface area (Å²) in [4.78, 5) is 21.6. The average molecular weight is 430 g/mol. The predicted molar refractivity (Wildman–Crippen MR) is 102 cm³/mol. The van der Waals surface area contributed by atoms with Gasteiger partial charge in [-0.1, -0.05) is 11.6 Å². The van der Waals surface area contributed by atoms with Crippen LogP contribution in [-0.4, -0.2) is 32.2 Å². The normalized spacial score (nSPS) is 11.4. The van der Waals surface area contributed by atoms with Gasteiger partial charge in [-0.2, -0.15) is 18.2 Å². The number of carbonyl (C=O) groups is 1. The smallest absolute Gasteiger partial charge is 0.475 e. The lowest BCUT2D eigenvalue weighted by Gasteiger charge is -2.07. The highest BCUT2D eigenvalue weighted by Gasteiger charge is 2.38. The molecule has 146 valence electrons. The molecule has 0 saturated heterocycles. The number of thiophene rings is 1. The molecule has 3 aromatic heterocycles. The number of nitrogens with two attached hydrogens (primary N) is 2. The predicted octanol–water partition coefficient (Wildman–Crippen LogP) is 4.29. The van der Waals surface area contributed by atoms with Gasteiger partial charge in [0.05, 0.1) is 20.8 Å². The zero-order valence-electron chi connectivity index (χ0n) is 13.7. The van der Waals surface area contributed by atoms with Crippen LogP contribution in [0.5, 0.6) is 0 Å². The van der Waals surface area contributed by atoms with Crippen LogP contribution in [0.2, 0.25) is 4.34 Å². The van der Waals surface area contributed by atoms with Gasteiger partial charge in [-0.05, 0) is 24.3 Å². The van der Waals surface area contributed by atoms with Crippen LogP contribution in [0.3, 0.4) is 0 Å². The first-order chi connectivity index (χ1) is 13.1. The second kappa shape index (κ2) is 7.17. The lowest BCUT2D eigenvalue weighted by Crippen LogP contribution is -2.21. The van der Waals surface area contributed by atoms with Crippen molar-refractivity contribution < 1.29 is 23.1 Å². The van der Waals surface area contributed by atoms with E-state index in [0.29, 0.717) is 5.82 Å². The Hall–Kier alpha value is -3.05. The van der Waals surface area contributed by atoms with Crippen molar-refractivity contribution in [1.29, 1.82) is 0 Å². The number of H-pyrrole nitrogens is 1. The van der Waals surface area contributed by atoms with Crippen molar-refractivity contribution in [3.8, 4) is 10.4 Å². The molecule has 0 bridgehead atoms. The number of rotatable bonds is 1. The third kappa shape index (κ3) is 3.80.